The fraction of sp³-hybridized carbons (Fsp3) is 0.118. The van der Waals surface area contributed by atoms with E-state index in [1.807, 2.05) is 37.3 Å². The van der Waals surface area contributed by atoms with Crippen LogP contribution in [-0.4, -0.2) is 13.4 Å². The van der Waals surface area contributed by atoms with E-state index in [1.54, 1.807) is 30.3 Å². The minimum Gasteiger partial charge on any atom is -0.252 e. The molecule has 0 saturated carbocycles. The maximum absolute atomic E-state index is 12.4. The standard InChI is InChI=1S/C17H15NO2S/c1-13-6-10-16(11-7-13)21(19,20)12-15-9-8-14-4-2-3-5-17(14)18-15/h2-11H,12H2,1H3. The second kappa shape index (κ2) is 5.30. The van der Waals surface area contributed by atoms with Gasteiger partial charge in [0.25, 0.3) is 0 Å². The summed E-state index contributed by atoms with van der Waals surface area (Å²) in [4.78, 5) is 4.76. The molecule has 0 aliphatic rings. The zero-order valence-electron chi connectivity index (χ0n) is 11.7. The quantitative estimate of drug-likeness (QED) is 0.743. The Bertz CT molecular complexity index is 884. The molecule has 1 aromatic heterocycles. The predicted octanol–water partition coefficient (Wildman–Crippen LogP) is 3.52. The maximum Gasteiger partial charge on any atom is 0.184 e. The van der Waals surface area contributed by atoms with Crippen LogP contribution in [0, 0.1) is 6.92 Å². The van der Waals surface area contributed by atoms with Gasteiger partial charge in [-0.25, -0.2) is 8.42 Å². The van der Waals surface area contributed by atoms with Gasteiger partial charge >= 0.3 is 0 Å². The summed E-state index contributed by atoms with van der Waals surface area (Å²) in [5, 5.41) is 1.01. The van der Waals surface area contributed by atoms with Crippen molar-refractivity contribution < 1.29 is 8.42 Å². The maximum atomic E-state index is 12.4. The summed E-state index contributed by atoms with van der Waals surface area (Å²) in [6.07, 6.45) is 0. The zero-order valence-corrected chi connectivity index (χ0v) is 12.5. The molecule has 3 nitrogen and oxygen atoms in total. The highest BCUT2D eigenvalue weighted by molar-refractivity contribution is 7.90. The van der Waals surface area contributed by atoms with E-state index in [-0.39, 0.29) is 5.75 Å². The van der Waals surface area contributed by atoms with Crippen molar-refractivity contribution in [3.63, 3.8) is 0 Å². The molecule has 0 bridgehead atoms. The summed E-state index contributed by atoms with van der Waals surface area (Å²) < 4.78 is 24.8. The first-order valence-electron chi connectivity index (χ1n) is 6.69. The highest BCUT2D eigenvalue weighted by Gasteiger charge is 2.16. The van der Waals surface area contributed by atoms with Crippen LogP contribution in [-0.2, 0) is 15.6 Å². The van der Waals surface area contributed by atoms with Crippen LogP contribution in [0.1, 0.15) is 11.3 Å². The third kappa shape index (κ3) is 2.95. The van der Waals surface area contributed by atoms with Gasteiger partial charge in [0.1, 0.15) is 0 Å². The summed E-state index contributed by atoms with van der Waals surface area (Å²) in [6.45, 7) is 1.93. The molecule has 0 unspecified atom stereocenters. The Morgan fingerprint density at radius 1 is 0.905 bits per heavy atom. The molecule has 2 aromatic carbocycles. The number of para-hydroxylation sites is 1. The van der Waals surface area contributed by atoms with E-state index in [1.165, 1.54) is 0 Å². The lowest BCUT2D eigenvalue weighted by Crippen LogP contribution is -2.06. The predicted molar refractivity (Wildman–Crippen MR) is 83.8 cm³/mol. The summed E-state index contributed by atoms with van der Waals surface area (Å²) in [5.74, 6) is -0.0824. The van der Waals surface area contributed by atoms with Gasteiger partial charge in [-0.2, -0.15) is 0 Å². The van der Waals surface area contributed by atoms with E-state index < -0.39 is 9.84 Å². The molecule has 0 radical (unpaired) electrons. The number of nitrogens with zero attached hydrogens (tertiary/aromatic N) is 1. The molecule has 3 aromatic rings. The van der Waals surface area contributed by atoms with Gasteiger partial charge < -0.3 is 0 Å². The number of aryl methyl sites for hydroxylation is 1. The van der Waals surface area contributed by atoms with Crippen molar-refractivity contribution in [1.82, 2.24) is 4.98 Å². The number of hydrogen-bond donors (Lipinski definition) is 0. The summed E-state index contributed by atoms with van der Waals surface area (Å²) in [5.41, 5.74) is 2.42. The minimum absolute atomic E-state index is 0.0824. The molecule has 1 heterocycles. The Morgan fingerprint density at radius 3 is 2.38 bits per heavy atom. The van der Waals surface area contributed by atoms with Crippen molar-refractivity contribution in [1.29, 1.82) is 0 Å². The van der Waals surface area contributed by atoms with Crippen molar-refractivity contribution in [2.45, 2.75) is 17.6 Å². The van der Waals surface area contributed by atoms with Crippen molar-refractivity contribution in [3.8, 4) is 0 Å². The summed E-state index contributed by atoms with van der Waals surface area (Å²) in [7, 11) is -3.36. The van der Waals surface area contributed by atoms with Crippen LogP contribution >= 0.6 is 0 Å². The third-order valence-electron chi connectivity index (χ3n) is 3.37. The average Bonchev–Trinajstić information content (AvgIpc) is 2.47. The van der Waals surface area contributed by atoms with Gasteiger partial charge in [-0.1, -0.05) is 42.0 Å². The van der Waals surface area contributed by atoms with Crippen molar-refractivity contribution in [2.24, 2.45) is 0 Å². The molecule has 4 heteroatoms. The number of pyridine rings is 1. The number of hydrogen-bond acceptors (Lipinski definition) is 3. The lowest BCUT2D eigenvalue weighted by Gasteiger charge is -2.06. The van der Waals surface area contributed by atoms with Crippen LogP contribution in [0.4, 0.5) is 0 Å². The molecule has 0 saturated heterocycles. The Balaban J connectivity index is 1.95. The monoisotopic (exact) mass is 297 g/mol. The summed E-state index contributed by atoms with van der Waals surface area (Å²) >= 11 is 0. The Labute approximate surface area is 124 Å². The minimum atomic E-state index is -3.36. The number of rotatable bonds is 3. The van der Waals surface area contributed by atoms with Gasteiger partial charge in [0.05, 0.1) is 21.9 Å². The van der Waals surface area contributed by atoms with Crippen molar-refractivity contribution in [3.05, 3.63) is 71.9 Å². The first-order valence-corrected chi connectivity index (χ1v) is 8.34. The molecule has 0 atom stereocenters. The average molecular weight is 297 g/mol. The molecule has 106 valence electrons. The van der Waals surface area contributed by atoms with E-state index in [0.717, 1.165) is 16.5 Å². The Hall–Kier alpha value is -2.20. The molecule has 0 aliphatic carbocycles. The van der Waals surface area contributed by atoms with E-state index in [0.29, 0.717) is 10.6 Å². The van der Waals surface area contributed by atoms with E-state index in [4.69, 9.17) is 0 Å². The van der Waals surface area contributed by atoms with Crippen LogP contribution < -0.4 is 0 Å². The molecular formula is C17H15NO2S. The Morgan fingerprint density at radius 2 is 1.62 bits per heavy atom. The normalized spacial score (nSPS) is 11.7. The largest absolute Gasteiger partial charge is 0.252 e. The van der Waals surface area contributed by atoms with Crippen LogP contribution in [0.15, 0.2) is 65.6 Å². The molecular weight excluding hydrogens is 282 g/mol. The van der Waals surface area contributed by atoms with Gasteiger partial charge in [-0.3, -0.25) is 4.98 Å². The number of sulfone groups is 1. The van der Waals surface area contributed by atoms with Crippen molar-refractivity contribution >= 4 is 20.7 Å². The van der Waals surface area contributed by atoms with Crippen LogP contribution in [0.2, 0.25) is 0 Å². The molecule has 0 aliphatic heterocycles. The highest BCUT2D eigenvalue weighted by Crippen LogP contribution is 2.18. The second-order valence-corrected chi connectivity index (χ2v) is 7.06. The zero-order chi connectivity index (χ0) is 14.9. The van der Waals surface area contributed by atoms with Crippen molar-refractivity contribution in [2.75, 3.05) is 0 Å². The number of benzene rings is 2. The fourth-order valence-electron chi connectivity index (χ4n) is 2.21. The molecule has 0 spiro atoms. The van der Waals surface area contributed by atoms with Gasteiger partial charge in [-0.05, 0) is 31.2 Å². The van der Waals surface area contributed by atoms with Crippen LogP contribution in [0.5, 0.6) is 0 Å². The smallest absolute Gasteiger partial charge is 0.184 e. The fourth-order valence-corrected chi connectivity index (χ4v) is 3.48. The molecule has 21 heavy (non-hydrogen) atoms. The molecule has 0 fully saturated rings. The SMILES string of the molecule is Cc1ccc(S(=O)(=O)Cc2ccc3ccccc3n2)cc1. The van der Waals surface area contributed by atoms with Gasteiger partial charge in [0.2, 0.25) is 0 Å². The topological polar surface area (TPSA) is 47.0 Å². The first-order chi connectivity index (χ1) is 10.0. The highest BCUT2D eigenvalue weighted by atomic mass is 32.2. The lowest BCUT2D eigenvalue weighted by molar-refractivity contribution is 0.594. The van der Waals surface area contributed by atoms with Gasteiger partial charge in [0, 0.05) is 5.39 Å². The van der Waals surface area contributed by atoms with Crippen LogP contribution in [0.3, 0.4) is 0 Å². The van der Waals surface area contributed by atoms with Gasteiger partial charge in [0.15, 0.2) is 9.84 Å². The number of fused-ring (bicyclic) bond motifs is 1. The second-order valence-electron chi connectivity index (χ2n) is 5.07. The van der Waals surface area contributed by atoms with E-state index in [9.17, 15) is 8.42 Å². The Kier molecular flexibility index (Phi) is 3.47. The molecule has 0 amide bonds. The molecule has 3 rings (SSSR count). The van der Waals surface area contributed by atoms with Crippen LogP contribution in [0.25, 0.3) is 10.9 Å². The molecule has 0 N–H and O–H groups in total. The lowest BCUT2D eigenvalue weighted by atomic mass is 10.2. The van der Waals surface area contributed by atoms with E-state index >= 15 is 0 Å². The van der Waals surface area contributed by atoms with E-state index in [2.05, 4.69) is 4.98 Å². The first kappa shape index (κ1) is 13.8. The third-order valence-corrected chi connectivity index (χ3v) is 5.04. The summed E-state index contributed by atoms with van der Waals surface area (Å²) in [6, 6.07) is 18.3. The number of aromatic nitrogens is 1. The van der Waals surface area contributed by atoms with Gasteiger partial charge in [-0.15, -0.1) is 0 Å².